The molecule has 0 atom stereocenters. The third-order valence-electron chi connectivity index (χ3n) is 3.87. The highest BCUT2D eigenvalue weighted by Gasteiger charge is 2.22. The van der Waals surface area contributed by atoms with E-state index in [1.165, 1.54) is 0 Å². The Morgan fingerprint density at radius 1 is 1.12 bits per heavy atom. The molecule has 2 aromatic heterocycles. The molecule has 4 rings (SSSR count). The van der Waals surface area contributed by atoms with E-state index in [1.54, 1.807) is 4.52 Å². The molecule has 1 aliphatic rings. The van der Waals surface area contributed by atoms with Crippen LogP contribution < -0.4 is 14.8 Å². The van der Waals surface area contributed by atoms with Crippen LogP contribution in [0, 0.1) is 0 Å². The first-order chi connectivity index (χ1) is 11.5. The molecule has 0 fully saturated rings. The maximum atomic E-state index is 5.53. The van der Waals surface area contributed by atoms with Crippen molar-refractivity contribution < 1.29 is 9.47 Å². The zero-order valence-electron chi connectivity index (χ0n) is 13.9. The highest BCUT2D eigenvalue weighted by atomic mass is 16.7. The van der Waals surface area contributed by atoms with Gasteiger partial charge in [-0.3, -0.25) is 0 Å². The zero-order chi connectivity index (χ0) is 16.7. The molecule has 0 saturated carbocycles. The van der Waals surface area contributed by atoms with Crippen LogP contribution in [0.5, 0.6) is 11.5 Å². The highest BCUT2D eigenvalue weighted by molar-refractivity contribution is 5.50. The van der Waals surface area contributed by atoms with Crippen LogP contribution in [0.15, 0.2) is 30.3 Å². The van der Waals surface area contributed by atoms with E-state index >= 15 is 0 Å². The van der Waals surface area contributed by atoms with Gasteiger partial charge < -0.3 is 14.8 Å². The number of hydrogen-bond donors (Lipinski definition) is 1. The monoisotopic (exact) mass is 325 g/mol. The Labute approximate surface area is 139 Å². The molecule has 24 heavy (non-hydrogen) atoms. The fraction of sp³-hybridized carbons (Fsp3) is 0.353. The van der Waals surface area contributed by atoms with Crippen molar-refractivity contribution in [2.45, 2.75) is 32.7 Å². The summed E-state index contributed by atoms with van der Waals surface area (Å²) in [5.74, 6) is 3.17. The van der Waals surface area contributed by atoms with Crippen molar-refractivity contribution in [3.05, 3.63) is 41.7 Å². The average molecular weight is 325 g/mol. The molecule has 0 saturated heterocycles. The molecule has 0 aliphatic carbocycles. The number of anilines is 1. The van der Waals surface area contributed by atoms with E-state index in [-0.39, 0.29) is 12.2 Å². The third kappa shape index (κ3) is 2.51. The summed E-state index contributed by atoms with van der Waals surface area (Å²) in [5.41, 5.74) is 1.64. The molecule has 0 bridgehead atoms. The summed E-state index contributed by atoms with van der Waals surface area (Å²) < 4.78 is 12.7. The summed E-state index contributed by atoms with van der Waals surface area (Å²) in [7, 11) is 0. The lowest BCUT2D eigenvalue weighted by molar-refractivity contribution is 0.173. The first-order valence-electron chi connectivity index (χ1n) is 7.87. The van der Waals surface area contributed by atoms with Crippen LogP contribution in [-0.4, -0.2) is 26.6 Å². The van der Waals surface area contributed by atoms with Gasteiger partial charge in [0.15, 0.2) is 23.0 Å². The van der Waals surface area contributed by atoms with Crippen LogP contribution >= 0.6 is 0 Å². The minimum absolute atomic E-state index is 0.129. The van der Waals surface area contributed by atoms with Crippen molar-refractivity contribution in [2.24, 2.45) is 0 Å². The molecule has 1 N–H and O–H groups in total. The van der Waals surface area contributed by atoms with Gasteiger partial charge in [-0.05, 0) is 18.2 Å². The summed E-state index contributed by atoms with van der Waals surface area (Å²) in [6, 6.07) is 9.68. The molecule has 1 aliphatic heterocycles. The number of rotatable bonds is 3. The van der Waals surface area contributed by atoms with E-state index < -0.39 is 0 Å². The predicted molar refractivity (Wildman–Crippen MR) is 89.4 cm³/mol. The van der Waals surface area contributed by atoms with E-state index in [0.29, 0.717) is 6.54 Å². The summed E-state index contributed by atoms with van der Waals surface area (Å²) >= 11 is 0. The Bertz CT molecular complexity index is 898. The standard InChI is InChI=1S/C17H19N5O2/c1-17(2,3)16-20-19-14-8-7-13(21-22(14)16)18-9-11-5-4-6-12-15(11)24-10-23-12/h4-8H,9-10H2,1-3H3,(H,18,21). The Balaban J connectivity index is 1.60. The lowest BCUT2D eigenvalue weighted by Crippen LogP contribution is -2.17. The topological polar surface area (TPSA) is 73.6 Å². The maximum absolute atomic E-state index is 5.53. The molecule has 0 amide bonds. The number of aromatic nitrogens is 4. The van der Waals surface area contributed by atoms with Crippen LogP contribution in [0.2, 0.25) is 0 Å². The number of fused-ring (bicyclic) bond motifs is 2. The highest BCUT2D eigenvalue weighted by Crippen LogP contribution is 2.35. The van der Waals surface area contributed by atoms with Crippen molar-refractivity contribution in [2.75, 3.05) is 12.1 Å². The van der Waals surface area contributed by atoms with E-state index in [0.717, 1.165) is 34.4 Å². The van der Waals surface area contributed by atoms with Crippen LogP contribution in [-0.2, 0) is 12.0 Å². The van der Waals surface area contributed by atoms with Gasteiger partial charge >= 0.3 is 0 Å². The number of nitrogens with one attached hydrogen (secondary N) is 1. The molecular formula is C17H19N5O2. The molecule has 0 unspecified atom stereocenters. The second kappa shape index (κ2) is 5.36. The van der Waals surface area contributed by atoms with Gasteiger partial charge in [-0.1, -0.05) is 32.9 Å². The Morgan fingerprint density at radius 3 is 2.83 bits per heavy atom. The van der Waals surface area contributed by atoms with Crippen molar-refractivity contribution in [1.29, 1.82) is 0 Å². The van der Waals surface area contributed by atoms with Crippen LogP contribution in [0.3, 0.4) is 0 Å². The molecule has 3 heterocycles. The van der Waals surface area contributed by atoms with Gasteiger partial charge in [0, 0.05) is 17.5 Å². The van der Waals surface area contributed by atoms with Crippen LogP contribution in [0.4, 0.5) is 5.82 Å². The number of nitrogens with zero attached hydrogens (tertiary/aromatic N) is 4. The quantitative estimate of drug-likeness (QED) is 0.798. The third-order valence-corrected chi connectivity index (χ3v) is 3.87. The first-order valence-corrected chi connectivity index (χ1v) is 7.87. The van der Waals surface area contributed by atoms with E-state index in [1.807, 2.05) is 30.3 Å². The Kier molecular flexibility index (Phi) is 3.30. The number of para-hydroxylation sites is 1. The number of hydrogen-bond acceptors (Lipinski definition) is 6. The lowest BCUT2D eigenvalue weighted by atomic mass is 9.96. The average Bonchev–Trinajstić information content (AvgIpc) is 3.18. The second-order valence-corrected chi connectivity index (χ2v) is 6.77. The molecule has 7 nitrogen and oxygen atoms in total. The number of benzene rings is 1. The summed E-state index contributed by atoms with van der Waals surface area (Å²) in [5, 5.41) is 16.4. The molecular weight excluding hydrogens is 306 g/mol. The number of ether oxygens (including phenoxy) is 2. The first kappa shape index (κ1) is 14.7. The predicted octanol–water partition coefficient (Wildman–Crippen LogP) is 2.76. The SMILES string of the molecule is CC(C)(C)c1nnc2ccc(NCc3cccc4c3OCO4)nn12. The van der Waals surface area contributed by atoms with Gasteiger partial charge in [0.2, 0.25) is 6.79 Å². The summed E-state index contributed by atoms with van der Waals surface area (Å²) in [6.45, 7) is 7.14. The van der Waals surface area contributed by atoms with Crippen molar-refractivity contribution in [1.82, 2.24) is 19.8 Å². The van der Waals surface area contributed by atoms with Gasteiger partial charge in [-0.25, -0.2) is 0 Å². The Morgan fingerprint density at radius 2 is 2.00 bits per heavy atom. The second-order valence-electron chi connectivity index (χ2n) is 6.77. The van der Waals surface area contributed by atoms with Gasteiger partial charge in [-0.15, -0.1) is 15.3 Å². The van der Waals surface area contributed by atoms with Gasteiger partial charge in [0.1, 0.15) is 5.82 Å². The smallest absolute Gasteiger partial charge is 0.231 e. The molecule has 0 spiro atoms. The van der Waals surface area contributed by atoms with Gasteiger partial charge in [0.05, 0.1) is 0 Å². The molecule has 124 valence electrons. The maximum Gasteiger partial charge on any atom is 0.231 e. The van der Waals surface area contributed by atoms with Crippen molar-refractivity contribution in [3.63, 3.8) is 0 Å². The van der Waals surface area contributed by atoms with Gasteiger partial charge in [-0.2, -0.15) is 4.52 Å². The largest absolute Gasteiger partial charge is 0.454 e. The van der Waals surface area contributed by atoms with E-state index in [9.17, 15) is 0 Å². The van der Waals surface area contributed by atoms with E-state index in [4.69, 9.17) is 9.47 Å². The van der Waals surface area contributed by atoms with Crippen molar-refractivity contribution >= 4 is 11.5 Å². The minimum atomic E-state index is -0.129. The fourth-order valence-electron chi connectivity index (χ4n) is 2.67. The molecule has 3 aromatic rings. The summed E-state index contributed by atoms with van der Waals surface area (Å²) in [6.07, 6.45) is 0. The normalized spacial score (nSPS) is 13.5. The zero-order valence-corrected chi connectivity index (χ0v) is 13.9. The van der Waals surface area contributed by atoms with Crippen LogP contribution in [0.25, 0.3) is 5.65 Å². The molecule has 7 heteroatoms. The lowest BCUT2D eigenvalue weighted by Gasteiger charge is -2.15. The summed E-state index contributed by atoms with van der Waals surface area (Å²) in [4.78, 5) is 0. The fourth-order valence-corrected chi connectivity index (χ4v) is 2.67. The minimum Gasteiger partial charge on any atom is -0.454 e. The molecule has 1 aromatic carbocycles. The van der Waals surface area contributed by atoms with Gasteiger partial charge in [0.25, 0.3) is 0 Å². The Hall–Kier alpha value is -2.83. The van der Waals surface area contributed by atoms with Crippen LogP contribution in [0.1, 0.15) is 32.2 Å². The van der Waals surface area contributed by atoms with E-state index in [2.05, 4.69) is 41.4 Å². The van der Waals surface area contributed by atoms with Crippen molar-refractivity contribution in [3.8, 4) is 11.5 Å². The molecule has 0 radical (unpaired) electrons.